The molecule has 0 aliphatic carbocycles. The van der Waals surface area contributed by atoms with Gasteiger partial charge >= 0.3 is 5.97 Å². The number of carbonyl (C=O) groups excluding carboxylic acids is 1. The molecule has 3 rings (SSSR count). The molecule has 1 heterocycles. The summed E-state index contributed by atoms with van der Waals surface area (Å²) in [5.41, 5.74) is 2.13. The molecule has 0 aliphatic heterocycles. The van der Waals surface area contributed by atoms with Crippen molar-refractivity contribution in [2.75, 3.05) is 12.4 Å². The number of benzene rings is 2. The van der Waals surface area contributed by atoms with E-state index in [1.54, 1.807) is 24.3 Å². The summed E-state index contributed by atoms with van der Waals surface area (Å²) in [5.74, 6) is 0.319. The molecule has 2 aromatic carbocycles. The zero-order valence-electron chi connectivity index (χ0n) is 12.0. The van der Waals surface area contributed by atoms with E-state index in [-0.39, 0.29) is 5.97 Å². The fraction of sp³-hybridized carbons (Fsp3) is 0.0625. The van der Waals surface area contributed by atoms with Crippen LogP contribution >= 0.6 is 31.9 Å². The predicted molar refractivity (Wildman–Crippen MR) is 96.0 cm³/mol. The van der Waals surface area contributed by atoms with Gasteiger partial charge in [-0.2, -0.15) is 0 Å². The van der Waals surface area contributed by atoms with Crippen molar-refractivity contribution in [3.63, 3.8) is 0 Å². The van der Waals surface area contributed by atoms with Crippen LogP contribution in [0.3, 0.4) is 0 Å². The standard InChI is InChI=1S/C16H11Br2N3O2/c1-23-16(22)9-2-4-11(5-3-9)21-15-12-6-10(17)7-13(18)14(12)19-8-20-15/h2-8H,1H3,(H,19,20,21). The number of aromatic nitrogens is 2. The molecular weight excluding hydrogens is 426 g/mol. The van der Waals surface area contributed by atoms with Crippen LogP contribution in [0.2, 0.25) is 0 Å². The maximum atomic E-state index is 11.5. The van der Waals surface area contributed by atoms with Crippen LogP contribution in [0, 0.1) is 0 Å². The Labute approximate surface area is 149 Å². The van der Waals surface area contributed by atoms with Crippen LogP contribution in [-0.2, 0) is 4.74 Å². The number of methoxy groups -OCH3 is 1. The Kier molecular flexibility index (Phi) is 4.58. The molecule has 7 heteroatoms. The first-order valence-corrected chi connectivity index (χ1v) is 8.22. The van der Waals surface area contributed by atoms with E-state index in [2.05, 4.69) is 51.9 Å². The first kappa shape index (κ1) is 15.9. The number of hydrogen-bond donors (Lipinski definition) is 1. The number of esters is 1. The number of nitrogens with zero attached hydrogens (tertiary/aromatic N) is 2. The lowest BCUT2D eigenvalue weighted by Gasteiger charge is -2.10. The summed E-state index contributed by atoms with van der Waals surface area (Å²) in [6.45, 7) is 0. The summed E-state index contributed by atoms with van der Waals surface area (Å²) in [6.07, 6.45) is 1.51. The van der Waals surface area contributed by atoms with E-state index in [1.165, 1.54) is 13.4 Å². The van der Waals surface area contributed by atoms with Gasteiger partial charge in [0.1, 0.15) is 12.1 Å². The molecule has 1 N–H and O–H groups in total. The Morgan fingerprint density at radius 3 is 2.57 bits per heavy atom. The van der Waals surface area contributed by atoms with E-state index >= 15 is 0 Å². The fourth-order valence-electron chi connectivity index (χ4n) is 2.14. The summed E-state index contributed by atoms with van der Waals surface area (Å²) < 4.78 is 6.50. The maximum Gasteiger partial charge on any atom is 0.337 e. The number of halogens is 2. The molecule has 0 fully saturated rings. The third kappa shape index (κ3) is 3.35. The summed E-state index contributed by atoms with van der Waals surface area (Å²) in [6, 6.07) is 10.9. The van der Waals surface area contributed by atoms with Gasteiger partial charge in [0.15, 0.2) is 0 Å². The largest absolute Gasteiger partial charge is 0.465 e. The number of hydrogen-bond acceptors (Lipinski definition) is 5. The minimum atomic E-state index is -0.364. The SMILES string of the molecule is COC(=O)c1ccc(Nc2ncnc3c(Br)cc(Br)cc23)cc1. The third-order valence-electron chi connectivity index (χ3n) is 3.23. The lowest BCUT2D eigenvalue weighted by atomic mass is 10.2. The Morgan fingerprint density at radius 1 is 1.13 bits per heavy atom. The lowest BCUT2D eigenvalue weighted by Crippen LogP contribution is -2.01. The fourth-order valence-corrected chi connectivity index (χ4v) is 3.46. The zero-order valence-corrected chi connectivity index (χ0v) is 15.2. The average molecular weight is 437 g/mol. The monoisotopic (exact) mass is 435 g/mol. The van der Waals surface area contributed by atoms with E-state index < -0.39 is 0 Å². The summed E-state index contributed by atoms with van der Waals surface area (Å²) in [4.78, 5) is 20.1. The van der Waals surface area contributed by atoms with Gasteiger partial charge in [0.2, 0.25) is 0 Å². The van der Waals surface area contributed by atoms with Crippen molar-refractivity contribution in [2.45, 2.75) is 0 Å². The maximum absolute atomic E-state index is 11.5. The van der Waals surface area contributed by atoms with Crippen LogP contribution in [0.15, 0.2) is 51.7 Å². The van der Waals surface area contributed by atoms with Crippen molar-refractivity contribution in [3.8, 4) is 0 Å². The highest BCUT2D eigenvalue weighted by molar-refractivity contribution is 9.11. The molecule has 23 heavy (non-hydrogen) atoms. The normalized spacial score (nSPS) is 10.6. The van der Waals surface area contributed by atoms with E-state index in [0.717, 1.165) is 25.5 Å². The van der Waals surface area contributed by atoms with Crippen molar-refractivity contribution < 1.29 is 9.53 Å². The molecule has 0 saturated carbocycles. The Balaban J connectivity index is 1.97. The molecule has 0 spiro atoms. The van der Waals surface area contributed by atoms with Gasteiger partial charge in [-0.05, 0) is 52.3 Å². The predicted octanol–water partition coefficient (Wildman–Crippen LogP) is 4.69. The first-order valence-electron chi connectivity index (χ1n) is 6.63. The van der Waals surface area contributed by atoms with Crippen LogP contribution in [-0.4, -0.2) is 23.0 Å². The number of rotatable bonds is 3. The highest BCUT2D eigenvalue weighted by Crippen LogP contribution is 2.31. The number of fused-ring (bicyclic) bond motifs is 1. The number of ether oxygens (including phenoxy) is 1. The van der Waals surface area contributed by atoms with Crippen LogP contribution in [0.4, 0.5) is 11.5 Å². The molecule has 0 saturated heterocycles. The van der Waals surface area contributed by atoms with Crippen LogP contribution < -0.4 is 5.32 Å². The summed E-state index contributed by atoms with van der Waals surface area (Å²) in [5, 5.41) is 4.12. The van der Waals surface area contributed by atoms with Gasteiger partial charge in [0.05, 0.1) is 18.2 Å². The van der Waals surface area contributed by atoms with Crippen LogP contribution in [0.1, 0.15) is 10.4 Å². The van der Waals surface area contributed by atoms with Crippen molar-refractivity contribution >= 4 is 60.2 Å². The van der Waals surface area contributed by atoms with Crippen LogP contribution in [0.25, 0.3) is 10.9 Å². The van der Waals surface area contributed by atoms with Crippen molar-refractivity contribution in [2.24, 2.45) is 0 Å². The molecule has 0 atom stereocenters. The van der Waals surface area contributed by atoms with Crippen molar-refractivity contribution in [3.05, 3.63) is 57.2 Å². The average Bonchev–Trinajstić information content (AvgIpc) is 2.55. The minimum Gasteiger partial charge on any atom is -0.465 e. The minimum absolute atomic E-state index is 0.364. The highest BCUT2D eigenvalue weighted by atomic mass is 79.9. The van der Waals surface area contributed by atoms with Gasteiger partial charge in [0.25, 0.3) is 0 Å². The highest BCUT2D eigenvalue weighted by Gasteiger charge is 2.09. The quantitative estimate of drug-likeness (QED) is 0.603. The third-order valence-corrected chi connectivity index (χ3v) is 4.29. The van der Waals surface area contributed by atoms with Crippen LogP contribution in [0.5, 0.6) is 0 Å². The number of anilines is 2. The molecule has 0 aliphatic rings. The molecule has 0 amide bonds. The van der Waals surface area contributed by atoms with Gasteiger partial charge in [0, 0.05) is 20.0 Å². The van der Waals surface area contributed by atoms with Gasteiger partial charge < -0.3 is 10.1 Å². The van der Waals surface area contributed by atoms with E-state index in [0.29, 0.717) is 11.4 Å². The Morgan fingerprint density at radius 2 is 1.87 bits per heavy atom. The molecule has 3 aromatic rings. The second-order valence-electron chi connectivity index (χ2n) is 4.70. The van der Waals surface area contributed by atoms with E-state index in [9.17, 15) is 4.79 Å². The van der Waals surface area contributed by atoms with Crippen molar-refractivity contribution in [1.29, 1.82) is 0 Å². The molecule has 0 unspecified atom stereocenters. The molecule has 116 valence electrons. The van der Waals surface area contributed by atoms with E-state index in [4.69, 9.17) is 0 Å². The Hall–Kier alpha value is -1.99. The second-order valence-corrected chi connectivity index (χ2v) is 6.47. The lowest BCUT2D eigenvalue weighted by molar-refractivity contribution is 0.0601. The topological polar surface area (TPSA) is 64.1 Å². The molecule has 0 radical (unpaired) electrons. The molecule has 5 nitrogen and oxygen atoms in total. The summed E-state index contributed by atoms with van der Waals surface area (Å²) in [7, 11) is 1.36. The number of carbonyl (C=O) groups is 1. The molecule has 0 bridgehead atoms. The van der Waals surface area contributed by atoms with Gasteiger partial charge in [-0.1, -0.05) is 15.9 Å². The van der Waals surface area contributed by atoms with Crippen molar-refractivity contribution in [1.82, 2.24) is 9.97 Å². The Bertz CT molecular complexity index is 882. The molecular formula is C16H11Br2N3O2. The summed E-state index contributed by atoms with van der Waals surface area (Å²) >= 11 is 6.97. The first-order chi connectivity index (χ1) is 11.1. The second kappa shape index (κ2) is 6.64. The molecule has 1 aromatic heterocycles. The smallest absolute Gasteiger partial charge is 0.337 e. The van der Waals surface area contributed by atoms with Gasteiger partial charge in [-0.25, -0.2) is 14.8 Å². The zero-order chi connectivity index (χ0) is 16.4. The van der Waals surface area contributed by atoms with E-state index in [1.807, 2.05) is 12.1 Å². The number of nitrogens with one attached hydrogen (secondary N) is 1. The van der Waals surface area contributed by atoms with Gasteiger partial charge in [-0.3, -0.25) is 0 Å². The van der Waals surface area contributed by atoms with Gasteiger partial charge in [-0.15, -0.1) is 0 Å².